The fourth-order valence-electron chi connectivity index (χ4n) is 9.80. The predicted molar refractivity (Wildman–Crippen MR) is 204 cm³/mol. The van der Waals surface area contributed by atoms with Crippen LogP contribution >= 0.6 is 11.6 Å². The molecule has 3 saturated heterocycles. The van der Waals surface area contributed by atoms with E-state index in [0.29, 0.717) is 46.3 Å². The second kappa shape index (κ2) is 13.3. The number of morpholine rings is 1. The predicted octanol–water partition coefficient (Wildman–Crippen LogP) is 6.52. The zero-order valence-corrected chi connectivity index (χ0v) is 30.7. The van der Waals surface area contributed by atoms with E-state index in [1.807, 2.05) is 18.2 Å². The van der Waals surface area contributed by atoms with Gasteiger partial charge in [0.2, 0.25) is 11.8 Å². The number of benzene rings is 4. The second-order valence-electron chi connectivity index (χ2n) is 15.0. The van der Waals surface area contributed by atoms with Crippen LogP contribution in [0.1, 0.15) is 35.4 Å². The number of aromatic hydroxyl groups is 1. The molecule has 1 saturated carbocycles. The van der Waals surface area contributed by atoms with Gasteiger partial charge < -0.3 is 14.7 Å². The molecule has 3 aliphatic heterocycles. The summed E-state index contributed by atoms with van der Waals surface area (Å²) in [6, 6.07) is 24.9. The van der Waals surface area contributed by atoms with E-state index >= 15 is 4.79 Å². The fraction of sp³-hybridized carbons (Fsp3) is 0.302. The van der Waals surface area contributed by atoms with E-state index in [2.05, 4.69) is 10.3 Å². The summed E-state index contributed by atoms with van der Waals surface area (Å²) in [6.45, 7) is 4.51. The molecule has 10 nitrogen and oxygen atoms in total. The van der Waals surface area contributed by atoms with Crippen molar-refractivity contribution in [2.45, 2.75) is 31.1 Å². The van der Waals surface area contributed by atoms with Gasteiger partial charge in [-0.2, -0.15) is 5.01 Å². The van der Waals surface area contributed by atoms with Crippen LogP contribution in [0.25, 0.3) is 0 Å². The number of aryl methyl sites for hydroxylation is 1. The summed E-state index contributed by atoms with van der Waals surface area (Å²) in [4.78, 5) is 62.5. The van der Waals surface area contributed by atoms with Crippen LogP contribution in [0.15, 0.2) is 103 Å². The molecule has 0 bridgehead atoms. The molecule has 4 amide bonds. The number of hydrogen-bond acceptors (Lipinski definition) is 8. The molecular formula is C43H38ClFN4O6. The summed E-state index contributed by atoms with van der Waals surface area (Å²) < 4.78 is 19.4. The van der Waals surface area contributed by atoms with Crippen LogP contribution in [0.3, 0.4) is 0 Å². The Morgan fingerprint density at radius 2 is 1.53 bits per heavy atom. The third-order valence-corrected chi connectivity index (χ3v) is 12.6. The Bertz CT molecular complexity index is 2260. The van der Waals surface area contributed by atoms with Crippen molar-refractivity contribution in [2.24, 2.45) is 23.7 Å². The van der Waals surface area contributed by atoms with Crippen molar-refractivity contribution in [3.63, 3.8) is 0 Å². The molecule has 55 heavy (non-hydrogen) atoms. The standard InChI is InChI=1S/C43H38ClFN4O6/c1-24-3-2-4-33(38(24)50)37-31-17-18-32-36(41(53)48(39(32)51)30-15-13-29(14-16-30)47-19-21-55-22-20-47)34(31)23-35-40(52)49(46-28-11-9-27(45)10-12-28)42(54)43(35,37)25-5-7-26(44)8-6-25/h2-17,32,34-37,46,50H,18-23H2,1H3/t32-,34+,35-,36-,37+,43+/m0/s1. The van der Waals surface area contributed by atoms with E-state index in [9.17, 15) is 23.9 Å². The molecule has 0 aromatic heterocycles. The highest BCUT2D eigenvalue weighted by Gasteiger charge is 2.70. The van der Waals surface area contributed by atoms with Crippen molar-refractivity contribution < 1.29 is 33.4 Å². The molecule has 6 atom stereocenters. The van der Waals surface area contributed by atoms with Gasteiger partial charge in [-0.1, -0.05) is 53.6 Å². The van der Waals surface area contributed by atoms with Gasteiger partial charge in [0.15, 0.2) is 0 Å². The molecule has 4 fully saturated rings. The fourth-order valence-corrected chi connectivity index (χ4v) is 9.93. The molecule has 4 aromatic carbocycles. The van der Waals surface area contributed by atoms with Crippen LogP contribution in [0.2, 0.25) is 5.02 Å². The number of para-hydroxylation sites is 1. The van der Waals surface area contributed by atoms with Crippen LogP contribution in [0, 0.1) is 36.4 Å². The van der Waals surface area contributed by atoms with Crippen LogP contribution in [0.4, 0.5) is 21.5 Å². The quantitative estimate of drug-likeness (QED) is 0.169. The number of rotatable bonds is 6. The second-order valence-corrected chi connectivity index (χ2v) is 15.5. The number of nitrogens with zero attached hydrogens (tertiary/aromatic N) is 3. The lowest BCUT2D eigenvalue weighted by molar-refractivity contribution is -0.138. The molecule has 2 aliphatic carbocycles. The smallest absolute Gasteiger partial charge is 0.260 e. The summed E-state index contributed by atoms with van der Waals surface area (Å²) >= 11 is 6.38. The van der Waals surface area contributed by atoms with Crippen molar-refractivity contribution in [1.82, 2.24) is 5.01 Å². The molecule has 4 aromatic rings. The minimum atomic E-state index is -1.59. The summed E-state index contributed by atoms with van der Waals surface area (Å²) in [7, 11) is 0. The molecular weight excluding hydrogens is 723 g/mol. The van der Waals surface area contributed by atoms with Crippen molar-refractivity contribution in [1.29, 1.82) is 0 Å². The maximum absolute atomic E-state index is 15.3. The van der Waals surface area contributed by atoms with Crippen molar-refractivity contribution >= 4 is 52.3 Å². The Balaban J connectivity index is 1.17. The van der Waals surface area contributed by atoms with Crippen molar-refractivity contribution in [3.8, 4) is 5.75 Å². The van der Waals surface area contributed by atoms with Gasteiger partial charge in [0.25, 0.3) is 11.8 Å². The molecule has 12 heteroatoms. The SMILES string of the molecule is Cc1cccc([C@H]2C3=CC[C@@H]4C(=O)N(c5ccc(N6CCOCC6)cc5)C(=O)[C@@H]4[C@@H]3C[C@H]3C(=O)N(Nc4ccc(F)cc4)C(=O)[C@@]23c2ccc(Cl)cc2)c1O. The van der Waals surface area contributed by atoms with Gasteiger partial charge in [0, 0.05) is 35.3 Å². The maximum Gasteiger partial charge on any atom is 0.260 e. The first kappa shape index (κ1) is 35.2. The van der Waals surface area contributed by atoms with E-state index in [1.54, 1.807) is 61.5 Å². The number of hydrogen-bond donors (Lipinski definition) is 2. The van der Waals surface area contributed by atoms with Crippen molar-refractivity contribution in [2.75, 3.05) is 41.5 Å². The Hall–Kier alpha value is -5.52. The van der Waals surface area contributed by atoms with Crippen LogP contribution in [0.5, 0.6) is 5.75 Å². The molecule has 0 radical (unpaired) electrons. The van der Waals surface area contributed by atoms with Crippen LogP contribution in [-0.2, 0) is 29.3 Å². The number of phenols is 1. The Morgan fingerprint density at radius 3 is 2.24 bits per heavy atom. The highest BCUT2D eigenvalue weighted by atomic mass is 35.5. The first-order valence-electron chi connectivity index (χ1n) is 18.5. The van der Waals surface area contributed by atoms with E-state index < -0.39 is 52.6 Å². The normalized spacial score (nSPS) is 27.5. The lowest BCUT2D eigenvalue weighted by Gasteiger charge is -2.50. The largest absolute Gasteiger partial charge is 0.507 e. The third-order valence-electron chi connectivity index (χ3n) is 12.3. The average Bonchev–Trinajstić information content (AvgIpc) is 3.58. The number of hydrazine groups is 1. The monoisotopic (exact) mass is 760 g/mol. The molecule has 0 unspecified atom stereocenters. The molecule has 2 N–H and O–H groups in total. The Labute approximate surface area is 322 Å². The van der Waals surface area contributed by atoms with E-state index in [4.69, 9.17) is 16.3 Å². The molecule has 9 rings (SSSR count). The Morgan fingerprint density at radius 1 is 0.836 bits per heavy atom. The number of ether oxygens (including phenoxy) is 1. The van der Waals surface area contributed by atoms with Crippen LogP contribution in [-0.4, -0.2) is 60.0 Å². The zero-order valence-electron chi connectivity index (χ0n) is 30.0. The minimum absolute atomic E-state index is 0.0238. The molecule has 0 spiro atoms. The van der Waals surface area contributed by atoms with Gasteiger partial charge >= 0.3 is 0 Å². The first-order chi connectivity index (χ1) is 26.6. The number of imide groups is 2. The lowest BCUT2D eigenvalue weighted by atomic mass is 9.49. The number of carbonyl (C=O) groups excluding carboxylic acids is 4. The lowest BCUT2D eigenvalue weighted by Crippen LogP contribution is -2.53. The van der Waals surface area contributed by atoms with E-state index in [0.717, 1.165) is 29.4 Å². The van der Waals surface area contributed by atoms with Gasteiger partial charge in [0.05, 0.1) is 47.8 Å². The number of nitrogens with one attached hydrogen (secondary N) is 1. The highest BCUT2D eigenvalue weighted by Crippen LogP contribution is 2.65. The molecule has 3 heterocycles. The first-order valence-corrected chi connectivity index (χ1v) is 18.9. The molecule has 5 aliphatic rings. The summed E-state index contributed by atoms with van der Waals surface area (Å²) in [5.41, 5.74) is 5.40. The summed E-state index contributed by atoms with van der Waals surface area (Å²) in [6.07, 6.45) is 2.29. The number of amides is 4. The summed E-state index contributed by atoms with van der Waals surface area (Å²) in [5, 5.41) is 13.2. The van der Waals surface area contributed by atoms with Gasteiger partial charge in [-0.3, -0.25) is 29.5 Å². The summed E-state index contributed by atoms with van der Waals surface area (Å²) in [5.74, 6) is -6.25. The average molecular weight is 761 g/mol. The number of phenolic OH excluding ortho intramolecular Hbond substituents is 1. The minimum Gasteiger partial charge on any atom is -0.507 e. The third kappa shape index (κ3) is 5.38. The van der Waals surface area contributed by atoms with Gasteiger partial charge in [-0.25, -0.2) is 4.39 Å². The van der Waals surface area contributed by atoms with Crippen LogP contribution < -0.4 is 15.2 Å². The maximum atomic E-state index is 15.3. The van der Waals surface area contributed by atoms with Gasteiger partial charge in [-0.05, 0) is 97.5 Å². The number of halogens is 2. The van der Waals surface area contributed by atoms with Gasteiger partial charge in [-0.15, -0.1) is 0 Å². The van der Waals surface area contributed by atoms with E-state index in [-0.39, 0.29) is 30.4 Å². The highest BCUT2D eigenvalue weighted by molar-refractivity contribution is 6.30. The number of anilines is 3. The number of carbonyl (C=O) groups is 4. The topological polar surface area (TPSA) is 119 Å². The van der Waals surface area contributed by atoms with Crippen molar-refractivity contribution in [3.05, 3.63) is 130 Å². The molecule has 280 valence electrons. The number of fused-ring (bicyclic) bond motifs is 4. The van der Waals surface area contributed by atoms with E-state index in [1.165, 1.54) is 29.2 Å². The number of allylic oxidation sites excluding steroid dienone is 2. The Kier molecular flexibility index (Phi) is 8.54. The zero-order chi connectivity index (χ0) is 38.2. The van der Waals surface area contributed by atoms with Gasteiger partial charge in [0.1, 0.15) is 11.6 Å².